The van der Waals surface area contributed by atoms with Crippen LogP contribution in [0, 0.1) is 0 Å². The first kappa shape index (κ1) is 18.5. The summed E-state index contributed by atoms with van der Waals surface area (Å²) in [5, 5.41) is 13.1. The number of hydrogen-bond acceptors (Lipinski definition) is 8. The maximum absolute atomic E-state index is 6.15. The number of methoxy groups -OCH3 is 1. The Morgan fingerprint density at radius 3 is 2.68 bits per heavy atom. The van der Waals surface area contributed by atoms with Crippen molar-refractivity contribution < 1.29 is 13.7 Å². The smallest absolute Gasteiger partial charge is 0.277 e. The van der Waals surface area contributed by atoms with E-state index in [2.05, 4.69) is 20.3 Å². The molecule has 4 aromatic rings. The van der Waals surface area contributed by atoms with Gasteiger partial charge in [0.1, 0.15) is 5.75 Å². The minimum atomic E-state index is 0.381. The molecule has 0 aliphatic rings. The summed E-state index contributed by atoms with van der Waals surface area (Å²) in [5.74, 6) is 2.69. The van der Waals surface area contributed by atoms with Crippen molar-refractivity contribution in [3.05, 3.63) is 70.8 Å². The molecule has 142 valence electrons. The maximum Gasteiger partial charge on any atom is 0.277 e. The van der Waals surface area contributed by atoms with E-state index in [4.69, 9.17) is 25.3 Å². The molecule has 0 saturated carbocycles. The number of aromatic nitrogens is 4. The SMILES string of the molecule is COc1ccc(Cc2nnc(SCc3noc(-c4ccccc4Cl)n3)o2)cc1. The molecule has 0 spiro atoms. The predicted octanol–water partition coefficient (Wildman–Crippen LogP) is 4.66. The van der Waals surface area contributed by atoms with Crippen LogP contribution < -0.4 is 4.74 Å². The van der Waals surface area contributed by atoms with Gasteiger partial charge in [-0.25, -0.2) is 0 Å². The number of rotatable bonds is 7. The van der Waals surface area contributed by atoms with Gasteiger partial charge in [0.05, 0.1) is 29.9 Å². The van der Waals surface area contributed by atoms with E-state index in [0.717, 1.165) is 11.3 Å². The standard InChI is InChI=1S/C19H15ClN4O3S/c1-25-13-8-6-12(7-9-13)10-17-22-23-19(26-17)28-11-16-21-18(27-24-16)14-4-2-3-5-15(14)20/h2-9H,10-11H2,1H3. The first-order valence-corrected chi connectivity index (χ1v) is 9.73. The number of ether oxygens (including phenoxy) is 1. The number of nitrogens with zero attached hydrogens (tertiary/aromatic N) is 4. The Labute approximate surface area is 170 Å². The summed E-state index contributed by atoms with van der Waals surface area (Å²) in [6.07, 6.45) is 0.552. The van der Waals surface area contributed by atoms with Gasteiger partial charge in [0.2, 0.25) is 5.89 Å². The number of thioether (sulfide) groups is 1. The highest BCUT2D eigenvalue weighted by atomic mass is 35.5. The fourth-order valence-electron chi connectivity index (χ4n) is 2.47. The molecule has 9 heteroatoms. The summed E-state index contributed by atoms with van der Waals surface area (Å²) in [6, 6.07) is 15.0. The van der Waals surface area contributed by atoms with Gasteiger partial charge in [0.25, 0.3) is 11.1 Å². The minimum absolute atomic E-state index is 0.381. The zero-order chi connectivity index (χ0) is 19.3. The van der Waals surface area contributed by atoms with Gasteiger partial charge < -0.3 is 13.7 Å². The second-order valence-corrected chi connectivity index (χ2v) is 7.10. The Bertz CT molecular complexity index is 1060. The van der Waals surface area contributed by atoms with Crippen LogP contribution in [-0.2, 0) is 12.2 Å². The van der Waals surface area contributed by atoms with Crippen molar-refractivity contribution >= 4 is 23.4 Å². The van der Waals surface area contributed by atoms with Crippen LogP contribution in [0.15, 0.2) is 62.7 Å². The molecular weight excluding hydrogens is 400 g/mol. The Morgan fingerprint density at radius 2 is 1.89 bits per heavy atom. The van der Waals surface area contributed by atoms with Crippen LogP contribution in [0.5, 0.6) is 5.75 Å². The van der Waals surface area contributed by atoms with Crippen molar-refractivity contribution in [2.75, 3.05) is 7.11 Å². The highest BCUT2D eigenvalue weighted by Gasteiger charge is 2.14. The molecule has 28 heavy (non-hydrogen) atoms. The molecule has 2 aromatic carbocycles. The van der Waals surface area contributed by atoms with E-state index in [0.29, 0.717) is 45.6 Å². The summed E-state index contributed by atoms with van der Waals surface area (Å²) in [5.41, 5.74) is 1.76. The monoisotopic (exact) mass is 414 g/mol. The van der Waals surface area contributed by atoms with Gasteiger partial charge in [0.15, 0.2) is 5.82 Å². The van der Waals surface area contributed by atoms with Gasteiger partial charge >= 0.3 is 0 Å². The Morgan fingerprint density at radius 1 is 1.07 bits per heavy atom. The lowest BCUT2D eigenvalue weighted by Crippen LogP contribution is -1.89. The summed E-state index contributed by atoms with van der Waals surface area (Å²) in [7, 11) is 1.64. The molecule has 0 bridgehead atoms. The van der Waals surface area contributed by atoms with Gasteiger partial charge in [-0.05, 0) is 29.8 Å². The fourth-order valence-corrected chi connectivity index (χ4v) is 3.31. The molecule has 0 radical (unpaired) electrons. The third-order valence-electron chi connectivity index (χ3n) is 3.86. The molecule has 0 aliphatic heterocycles. The Hall–Kier alpha value is -2.84. The van der Waals surface area contributed by atoms with E-state index < -0.39 is 0 Å². The Kier molecular flexibility index (Phi) is 5.59. The lowest BCUT2D eigenvalue weighted by Gasteiger charge is -2.00. The van der Waals surface area contributed by atoms with Crippen LogP contribution in [0.3, 0.4) is 0 Å². The quantitative estimate of drug-likeness (QED) is 0.403. The van der Waals surface area contributed by atoms with Gasteiger partial charge in [-0.15, -0.1) is 10.2 Å². The second kappa shape index (κ2) is 8.45. The molecular formula is C19H15ClN4O3S. The normalized spacial score (nSPS) is 10.9. The molecule has 0 amide bonds. The molecule has 0 unspecified atom stereocenters. The first-order valence-electron chi connectivity index (χ1n) is 8.37. The third kappa shape index (κ3) is 4.35. The number of hydrogen-bond donors (Lipinski definition) is 0. The summed E-state index contributed by atoms with van der Waals surface area (Å²) >= 11 is 7.50. The van der Waals surface area contributed by atoms with Crippen molar-refractivity contribution in [3.8, 4) is 17.2 Å². The number of benzene rings is 2. The highest BCUT2D eigenvalue weighted by Crippen LogP contribution is 2.27. The van der Waals surface area contributed by atoms with Crippen molar-refractivity contribution in [1.82, 2.24) is 20.3 Å². The van der Waals surface area contributed by atoms with E-state index in [-0.39, 0.29) is 0 Å². The van der Waals surface area contributed by atoms with E-state index in [1.165, 1.54) is 11.8 Å². The predicted molar refractivity (Wildman–Crippen MR) is 104 cm³/mol. The van der Waals surface area contributed by atoms with E-state index in [9.17, 15) is 0 Å². The van der Waals surface area contributed by atoms with Gasteiger partial charge in [-0.1, -0.05) is 52.8 Å². The van der Waals surface area contributed by atoms with Crippen molar-refractivity contribution in [2.24, 2.45) is 0 Å². The first-order chi connectivity index (χ1) is 13.7. The van der Waals surface area contributed by atoms with Gasteiger partial charge in [0, 0.05) is 0 Å². The van der Waals surface area contributed by atoms with E-state index >= 15 is 0 Å². The maximum atomic E-state index is 6.15. The average molecular weight is 415 g/mol. The third-order valence-corrected chi connectivity index (χ3v) is 5.00. The zero-order valence-electron chi connectivity index (χ0n) is 14.8. The molecule has 4 rings (SSSR count). The minimum Gasteiger partial charge on any atom is -0.497 e. The van der Waals surface area contributed by atoms with Crippen LogP contribution in [-0.4, -0.2) is 27.4 Å². The molecule has 2 aromatic heterocycles. The van der Waals surface area contributed by atoms with Crippen molar-refractivity contribution in [1.29, 1.82) is 0 Å². The average Bonchev–Trinajstić information content (AvgIpc) is 3.37. The largest absolute Gasteiger partial charge is 0.497 e. The molecule has 7 nitrogen and oxygen atoms in total. The molecule has 0 aliphatic carbocycles. The lowest BCUT2D eigenvalue weighted by molar-refractivity contribution is 0.413. The molecule has 0 N–H and O–H groups in total. The molecule has 0 saturated heterocycles. The topological polar surface area (TPSA) is 87.1 Å². The molecule has 2 heterocycles. The number of halogens is 1. The van der Waals surface area contributed by atoms with Crippen LogP contribution >= 0.6 is 23.4 Å². The van der Waals surface area contributed by atoms with E-state index in [1.54, 1.807) is 13.2 Å². The zero-order valence-corrected chi connectivity index (χ0v) is 16.4. The summed E-state index contributed by atoms with van der Waals surface area (Å²) < 4.78 is 16.1. The van der Waals surface area contributed by atoms with Crippen LogP contribution in [0.4, 0.5) is 0 Å². The second-order valence-electron chi connectivity index (χ2n) is 5.77. The summed E-state index contributed by atoms with van der Waals surface area (Å²) in [4.78, 5) is 4.36. The molecule has 0 fully saturated rings. The Balaban J connectivity index is 1.36. The summed E-state index contributed by atoms with van der Waals surface area (Å²) in [6.45, 7) is 0. The van der Waals surface area contributed by atoms with Gasteiger partial charge in [-0.3, -0.25) is 0 Å². The fraction of sp³-hybridized carbons (Fsp3) is 0.158. The van der Waals surface area contributed by atoms with Crippen molar-refractivity contribution in [2.45, 2.75) is 17.4 Å². The van der Waals surface area contributed by atoms with Gasteiger partial charge in [-0.2, -0.15) is 4.98 Å². The van der Waals surface area contributed by atoms with Crippen molar-refractivity contribution in [3.63, 3.8) is 0 Å². The highest BCUT2D eigenvalue weighted by molar-refractivity contribution is 7.98. The van der Waals surface area contributed by atoms with Crippen LogP contribution in [0.1, 0.15) is 17.3 Å². The van der Waals surface area contributed by atoms with Crippen LogP contribution in [0.2, 0.25) is 5.02 Å². The lowest BCUT2D eigenvalue weighted by atomic mass is 10.1. The molecule has 0 atom stereocenters. The van der Waals surface area contributed by atoms with E-state index in [1.807, 2.05) is 42.5 Å². The van der Waals surface area contributed by atoms with Crippen LogP contribution in [0.25, 0.3) is 11.5 Å².